The normalized spacial score (nSPS) is 14.2. The summed E-state index contributed by atoms with van der Waals surface area (Å²) in [5.74, 6) is 6.90. The number of aryl methyl sites for hydroxylation is 1. The number of benzene rings is 1. The van der Waals surface area contributed by atoms with E-state index < -0.39 is 0 Å². The lowest BCUT2D eigenvalue weighted by Crippen LogP contribution is -2.25. The third kappa shape index (κ3) is 4.40. The van der Waals surface area contributed by atoms with E-state index in [1.165, 1.54) is 24.6 Å². The molecule has 4 rings (SSSR count). The maximum absolute atomic E-state index is 14.5. The quantitative estimate of drug-likeness (QED) is 0.610. The van der Waals surface area contributed by atoms with Gasteiger partial charge in [0.25, 0.3) is 5.56 Å². The predicted octanol–water partition coefficient (Wildman–Crippen LogP) is 4.23. The van der Waals surface area contributed by atoms with Crippen molar-refractivity contribution in [3.05, 3.63) is 81.7 Å². The highest BCUT2D eigenvalue weighted by molar-refractivity contribution is 5.39. The Labute approximate surface area is 168 Å². The standard InChI is InChI=1S/C23H21FN2O3/c1-15-11-20(29-14-22-25-9-10-28-22)13-23(27)26(15)16(2)19-8-7-18(21(24)12-19)6-5-17-3-4-17/h7-13,16-17H,3-4,14H2,1-2H3. The number of aromatic nitrogens is 2. The van der Waals surface area contributed by atoms with Gasteiger partial charge in [0.05, 0.1) is 17.8 Å². The third-order valence-electron chi connectivity index (χ3n) is 4.93. The van der Waals surface area contributed by atoms with E-state index in [0.29, 0.717) is 34.4 Å². The molecule has 0 aliphatic heterocycles. The highest BCUT2D eigenvalue weighted by Gasteiger charge is 2.18. The van der Waals surface area contributed by atoms with Crippen LogP contribution in [0.5, 0.6) is 5.75 Å². The largest absolute Gasteiger partial charge is 0.484 e. The van der Waals surface area contributed by atoms with Crippen LogP contribution in [-0.2, 0) is 6.61 Å². The zero-order valence-electron chi connectivity index (χ0n) is 16.3. The van der Waals surface area contributed by atoms with Crippen molar-refractivity contribution in [2.45, 2.75) is 39.3 Å². The molecule has 6 heteroatoms. The van der Waals surface area contributed by atoms with Crippen LogP contribution in [0.25, 0.3) is 0 Å². The molecule has 1 atom stereocenters. The Hall–Kier alpha value is -3.33. The Balaban J connectivity index is 1.55. The van der Waals surface area contributed by atoms with Crippen LogP contribution in [0.4, 0.5) is 4.39 Å². The minimum atomic E-state index is -0.362. The van der Waals surface area contributed by atoms with Gasteiger partial charge in [0.15, 0.2) is 6.61 Å². The summed E-state index contributed by atoms with van der Waals surface area (Å²) in [6.45, 7) is 3.83. The molecule has 1 unspecified atom stereocenters. The molecule has 5 nitrogen and oxygen atoms in total. The van der Waals surface area contributed by atoms with Gasteiger partial charge in [0.1, 0.15) is 17.8 Å². The average Bonchev–Trinajstić information content (AvgIpc) is 3.37. The Morgan fingerprint density at radius 2 is 2.17 bits per heavy atom. The van der Waals surface area contributed by atoms with E-state index in [4.69, 9.17) is 9.15 Å². The van der Waals surface area contributed by atoms with E-state index in [1.807, 2.05) is 19.9 Å². The summed E-state index contributed by atoms with van der Waals surface area (Å²) in [7, 11) is 0. The van der Waals surface area contributed by atoms with E-state index in [1.54, 1.807) is 16.7 Å². The topological polar surface area (TPSA) is 57.3 Å². The van der Waals surface area contributed by atoms with Crippen molar-refractivity contribution in [2.75, 3.05) is 0 Å². The summed E-state index contributed by atoms with van der Waals surface area (Å²) in [6.07, 6.45) is 5.20. The number of hydrogen-bond acceptors (Lipinski definition) is 4. The maximum atomic E-state index is 14.5. The second-order valence-electron chi connectivity index (χ2n) is 7.21. The molecule has 0 bridgehead atoms. The molecule has 1 aromatic carbocycles. The maximum Gasteiger partial charge on any atom is 0.254 e. The van der Waals surface area contributed by atoms with Crippen molar-refractivity contribution in [1.82, 2.24) is 9.55 Å². The molecule has 0 N–H and O–H groups in total. The molecule has 0 saturated heterocycles. The summed E-state index contributed by atoms with van der Waals surface area (Å²) in [5.41, 5.74) is 1.59. The smallest absolute Gasteiger partial charge is 0.254 e. The molecular formula is C23H21FN2O3. The van der Waals surface area contributed by atoms with Crippen LogP contribution in [-0.4, -0.2) is 9.55 Å². The number of rotatable bonds is 5. The van der Waals surface area contributed by atoms with E-state index in [2.05, 4.69) is 16.8 Å². The number of ether oxygens (including phenoxy) is 1. The van der Waals surface area contributed by atoms with Gasteiger partial charge in [-0.1, -0.05) is 17.9 Å². The minimum absolute atomic E-state index is 0.139. The summed E-state index contributed by atoms with van der Waals surface area (Å²) in [5, 5.41) is 0. The number of halogens is 1. The van der Waals surface area contributed by atoms with Crippen molar-refractivity contribution in [3.63, 3.8) is 0 Å². The highest BCUT2D eigenvalue weighted by atomic mass is 19.1. The summed E-state index contributed by atoms with van der Waals surface area (Å²) in [4.78, 5) is 16.7. The zero-order valence-corrected chi connectivity index (χ0v) is 16.3. The fourth-order valence-electron chi connectivity index (χ4n) is 3.18. The van der Waals surface area contributed by atoms with Gasteiger partial charge in [-0.25, -0.2) is 9.37 Å². The molecule has 1 aliphatic carbocycles. The fraction of sp³-hybridized carbons (Fsp3) is 0.304. The third-order valence-corrected chi connectivity index (χ3v) is 4.93. The Morgan fingerprint density at radius 1 is 1.34 bits per heavy atom. The second-order valence-corrected chi connectivity index (χ2v) is 7.21. The van der Waals surface area contributed by atoms with Crippen molar-refractivity contribution in [1.29, 1.82) is 0 Å². The van der Waals surface area contributed by atoms with Gasteiger partial charge in [-0.15, -0.1) is 0 Å². The molecule has 1 saturated carbocycles. The van der Waals surface area contributed by atoms with Crippen molar-refractivity contribution >= 4 is 0 Å². The van der Waals surface area contributed by atoms with Gasteiger partial charge in [0.2, 0.25) is 5.89 Å². The zero-order chi connectivity index (χ0) is 20.4. The first-order valence-corrected chi connectivity index (χ1v) is 9.56. The SMILES string of the molecule is Cc1cc(OCc2ncco2)cc(=O)n1C(C)c1ccc(C#CC2CC2)c(F)c1. The van der Waals surface area contributed by atoms with Crippen molar-refractivity contribution in [3.8, 4) is 17.6 Å². The number of oxazole rings is 1. The first-order chi connectivity index (χ1) is 14.0. The Kier molecular flexibility index (Phi) is 5.22. The second kappa shape index (κ2) is 7.96. The highest BCUT2D eigenvalue weighted by Crippen LogP contribution is 2.28. The van der Waals surface area contributed by atoms with Crippen LogP contribution in [0.1, 0.15) is 48.5 Å². The molecule has 1 fully saturated rings. The molecule has 1 aliphatic rings. The molecule has 2 aromatic heterocycles. The van der Waals surface area contributed by atoms with Crippen molar-refractivity contribution in [2.24, 2.45) is 5.92 Å². The van der Waals surface area contributed by atoms with E-state index in [0.717, 1.165) is 12.8 Å². The van der Waals surface area contributed by atoms with Crippen LogP contribution < -0.4 is 10.3 Å². The Morgan fingerprint density at radius 3 is 2.83 bits per heavy atom. The Bertz CT molecular complexity index is 1140. The van der Waals surface area contributed by atoms with Crippen LogP contribution in [0, 0.1) is 30.5 Å². The lowest BCUT2D eigenvalue weighted by molar-refractivity contribution is 0.261. The number of nitrogens with zero attached hydrogens (tertiary/aromatic N) is 2. The lowest BCUT2D eigenvalue weighted by atomic mass is 10.0. The molecule has 2 heterocycles. The first kappa shape index (κ1) is 19.0. The van der Waals surface area contributed by atoms with Crippen LogP contribution in [0.2, 0.25) is 0 Å². The van der Waals surface area contributed by atoms with Gasteiger partial charge in [0, 0.05) is 17.7 Å². The van der Waals surface area contributed by atoms with E-state index >= 15 is 0 Å². The van der Waals surface area contributed by atoms with Crippen LogP contribution in [0.15, 0.2) is 52.0 Å². The molecular weight excluding hydrogens is 371 g/mol. The predicted molar refractivity (Wildman–Crippen MR) is 106 cm³/mol. The van der Waals surface area contributed by atoms with Crippen LogP contribution >= 0.6 is 0 Å². The monoisotopic (exact) mass is 392 g/mol. The number of pyridine rings is 1. The van der Waals surface area contributed by atoms with Gasteiger partial charge in [-0.3, -0.25) is 4.79 Å². The number of hydrogen-bond donors (Lipinski definition) is 0. The molecule has 0 radical (unpaired) electrons. The van der Waals surface area contributed by atoms with E-state index in [-0.39, 0.29) is 24.0 Å². The average molecular weight is 392 g/mol. The molecule has 29 heavy (non-hydrogen) atoms. The van der Waals surface area contributed by atoms with Crippen LogP contribution in [0.3, 0.4) is 0 Å². The van der Waals surface area contributed by atoms with E-state index in [9.17, 15) is 9.18 Å². The van der Waals surface area contributed by atoms with Gasteiger partial charge in [-0.2, -0.15) is 0 Å². The first-order valence-electron chi connectivity index (χ1n) is 9.56. The summed E-state index contributed by atoms with van der Waals surface area (Å²) in [6, 6.07) is 7.82. The summed E-state index contributed by atoms with van der Waals surface area (Å²) >= 11 is 0. The molecule has 0 spiro atoms. The van der Waals surface area contributed by atoms with Crippen molar-refractivity contribution < 1.29 is 13.5 Å². The summed E-state index contributed by atoms with van der Waals surface area (Å²) < 4.78 is 26.8. The minimum Gasteiger partial charge on any atom is -0.484 e. The molecule has 148 valence electrons. The van der Waals surface area contributed by atoms with Gasteiger partial charge >= 0.3 is 0 Å². The fourth-order valence-corrected chi connectivity index (χ4v) is 3.18. The van der Waals surface area contributed by atoms with Gasteiger partial charge < -0.3 is 13.7 Å². The van der Waals surface area contributed by atoms with Gasteiger partial charge in [-0.05, 0) is 50.5 Å². The molecule has 0 amide bonds. The lowest BCUT2D eigenvalue weighted by Gasteiger charge is -2.19. The molecule has 3 aromatic rings.